The average molecular weight is 289 g/mol. The van der Waals surface area contributed by atoms with Gasteiger partial charge in [0.15, 0.2) is 5.75 Å². The number of ether oxygens (including phenoxy) is 1. The molecule has 0 unspecified atom stereocenters. The van der Waals surface area contributed by atoms with Crippen LogP contribution in [0.25, 0.3) is 0 Å². The fraction of sp³-hybridized carbons (Fsp3) is 0.0667. The van der Waals surface area contributed by atoms with E-state index in [0.717, 1.165) is 12.1 Å². The number of carbonyl (C=O) groups excluding carboxylic acids is 1. The maximum atomic E-state index is 13.1. The fourth-order valence-corrected chi connectivity index (χ4v) is 1.73. The zero-order chi connectivity index (χ0) is 15.4. The van der Waals surface area contributed by atoms with Crippen molar-refractivity contribution in [1.82, 2.24) is 0 Å². The van der Waals surface area contributed by atoms with Crippen molar-refractivity contribution in [2.75, 3.05) is 5.32 Å². The maximum Gasteiger partial charge on any atom is 0.339 e. The van der Waals surface area contributed by atoms with E-state index >= 15 is 0 Å². The summed E-state index contributed by atoms with van der Waals surface area (Å²) >= 11 is 0. The van der Waals surface area contributed by atoms with Crippen molar-refractivity contribution >= 4 is 17.6 Å². The highest BCUT2D eigenvalue weighted by Gasteiger charge is 2.15. The van der Waals surface area contributed by atoms with Crippen LogP contribution >= 0.6 is 0 Å². The molecule has 0 spiro atoms. The first-order chi connectivity index (χ1) is 9.97. The van der Waals surface area contributed by atoms with E-state index in [9.17, 15) is 14.0 Å². The van der Waals surface area contributed by atoms with E-state index in [-0.39, 0.29) is 23.0 Å². The van der Waals surface area contributed by atoms with Crippen LogP contribution in [0.15, 0.2) is 42.5 Å². The Kier molecular flexibility index (Phi) is 4.18. The van der Waals surface area contributed by atoms with E-state index in [1.165, 1.54) is 13.0 Å². The molecule has 0 saturated carbocycles. The Morgan fingerprint density at radius 3 is 2.52 bits per heavy atom. The Hall–Kier alpha value is -2.89. The predicted octanol–water partition coefficient (Wildman–Crippen LogP) is 3.27. The van der Waals surface area contributed by atoms with Crippen LogP contribution in [0.3, 0.4) is 0 Å². The van der Waals surface area contributed by atoms with Crippen molar-refractivity contribution in [1.29, 1.82) is 0 Å². The second-order valence-electron chi connectivity index (χ2n) is 4.23. The van der Waals surface area contributed by atoms with Crippen molar-refractivity contribution in [2.24, 2.45) is 0 Å². The molecule has 0 aromatic heterocycles. The molecule has 2 aromatic rings. The number of halogens is 1. The molecule has 0 saturated heterocycles. The molecule has 21 heavy (non-hydrogen) atoms. The number of carboxylic acid groups (broad SMARTS) is 1. The third kappa shape index (κ3) is 3.56. The van der Waals surface area contributed by atoms with E-state index in [0.29, 0.717) is 5.69 Å². The summed E-state index contributed by atoms with van der Waals surface area (Å²) in [5.41, 5.74) is 0.0956. The average Bonchev–Trinajstić information content (AvgIpc) is 2.42. The second-order valence-corrected chi connectivity index (χ2v) is 4.23. The van der Waals surface area contributed by atoms with Crippen LogP contribution in [0.2, 0.25) is 0 Å². The summed E-state index contributed by atoms with van der Waals surface area (Å²) < 4.78 is 18.6. The molecule has 0 heterocycles. The zero-order valence-electron chi connectivity index (χ0n) is 11.1. The molecule has 5 nitrogen and oxygen atoms in total. The summed E-state index contributed by atoms with van der Waals surface area (Å²) in [6.07, 6.45) is 0. The molecule has 2 N–H and O–H groups in total. The normalized spacial score (nSPS) is 10.0. The first kappa shape index (κ1) is 14.5. The number of carbonyl (C=O) groups is 2. The lowest BCUT2D eigenvalue weighted by Gasteiger charge is -2.12. The number of hydrogen-bond donors (Lipinski definition) is 2. The minimum absolute atomic E-state index is 0.0123. The van der Waals surface area contributed by atoms with Gasteiger partial charge in [-0.05, 0) is 30.3 Å². The number of para-hydroxylation sites is 2. The summed E-state index contributed by atoms with van der Waals surface area (Å²) in [6.45, 7) is 1.34. The molecular weight excluding hydrogens is 277 g/mol. The topological polar surface area (TPSA) is 75.6 Å². The number of benzene rings is 2. The van der Waals surface area contributed by atoms with Gasteiger partial charge in [-0.3, -0.25) is 4.79 Å². The summed E-state index contributed by atoms with van der Waals surface area (Å²) in [5.74, 6) is -2.01. The van der Waals surface area contributed by atoms with Crippen LogP contribution in [0.1, 0.15) is 17.3 Å². The van der Waals surface area contributed by atoms with Gasteiger partial charge < -0.3 is 15.2 Å². The van der Waals surface area contributed by atoms with Gasteiger partial charge in [0.2, 0.25) is 5.91 Å². The van der Waals surface area contributed by atoms with Crippen molar-refractivity contribution in [3.63, 3.8) is 0 Å². The van der Waals surface area contributed by atoms with Crippen LogP contribution in [0.4, 0.5) is 10.1 Å². The van der Waals surface area contributed by atoms with Gasteiger partial charge in [0.1, 0.15) is 17.1 Å². The monoisotopic (exact) mass is 289 g/mol. The smallest absolute Gasteiger partial charge is 0.339 e. The van der Waals surface area contributed by atoms with Gasteiger partial charge in [0, 0.05) is 6.92 Å². The van der Waals surface area contributed by atoms with Gasteiger partial charge in [-0.15, -0.1) is 0 Å². The molecular formula is C15H12FNO4. The molecule has 0 atom stereocenters. The summed E-state index contributed by atoms with van der Waals surface area (Å²) in [6, 6.07) is 9.75. The third-order valence-corrected chi connectivity index (χ3v) is 2.59. The number of amides is 1. The number of carboxylic acids is 1. The van der Waals surface area contributed by atoms with Gasteiger partial charge in [-0.25, -0.2) is 9.18 Å². The minimum atomic E-state index is -1.30. The largest absolute Gasteiger partial charge is 0.478 e. The first-order valence-corrected chi connectivity index (χ1v) is 6.04. The lowest BCUT2D eigenvalue weighted by Crippen LogP contribution is -2.07. The Morgan fingerprint density at radius 2 is 1.86 bits per heavy atom. The van der Waals surface area contributed by atoms with Crippen LogP contribution < -0.4 is 10.1 Å². The van der Waals surface area contributed by atoms with Gasteiger partial charge in [-0.2, -0.15) is 0 Å². The summed E-state index contributed by atoms with van der Waals surface area (Å²) in [7, 11) is 0. The van der Waals surface area contributed by atoms with Crippen molar-refractivity contribution in [3.05, 3.63) is 53.8 Å². The van der Waals surface area contributed by atoms with Crippen LogP contribution in [-0.2, 0) is 4.79 Å². The predicted molar refractivity (Wildman–Crippen MR) is 74.2 cm³/mol. The van der Waals surface area contributed by atoms with Crippen molar-refractivity contribution in [3.8, 4) is 11.5 Å². The van der Waals surface area contributed by atoms with E-state index in [1.807, 2.05) is 0 Å². The number of aromatic carboxylic acids is 1. The lowest BCUT2D eigenvalue weighted by molar-refractivity contribution is -0.114. The zero-order valence-corrected chi connectivity index (χ0v) is 11.1. The molecule has 0 radical (unpaired) electrons. The van der Waals surface area contributed by atoms with E-state index in [4.69, 9.17) is 9.84 Å². The summed E-state index contributed by atoms with van der Waals surface area (Å²) in [5, 5.41) is 11.6. The minimum Gasteiger partial charge on any atom is -0.478 e. The molecule has 1 amide bonds. The SMILES string of the molecule is CC(=O)Nc1ccccc1Oc1ccc(F)cc1C(=O)O. The van der Waals surface area contributed by atoms with Gasteiger partial charge in [-0.1, -0.05) is 12.1 Å². The molecule has 0 aliphatic rings. The molecule has 6 heteroatoms. The van der Waals surface area contributed by atoms with Gasteiger partial charge in [0.25, 0.3) is 0 Å². The highest BCUT2D eigenvalue weighted by Crippen LogP contribution is 2.31. The van der Waals surface area contributed by atoms with E-state index in [1.54, 1.807) is 24.3 Å². The molecule has 0 bridgehead atoms. The quantitative estimate of drug-likeness (QED) is 0.905. The first-order valence-electron chi connectivity index (χ1n) is 6.04. The Labute approximate surface area is 120 Å². The molecule has 2 aromatic carbocycles. The second kappa shape index (κ2) is 6.04. The number of rotatable bonds is 4. The number of anilines is 1. The number of nitrogens with one attached hydrogen (secondary N) is 1. The highest BCUT2D eigenvalue weighted by molar-refractivity contribution is 5.92. The Morgan fingerprint density at radius 1 is 1.14 bits per heavy atom. The third-order valence-electron chi connectivity index (χ3n) is 2.59. The molecule has 0 fully saturated rings. The standard InChI is InChI=1S/C15H12FNO4/c1-9(18)17-12-4-2-3-5-14(12)21-13-7-6-10(16)8-11(13)15(19)20/h2-8H,1H3,(H,17,18)(H,19,20). The Bertz CT molecular complexity index is 700. The highest BCUT2D eigenvalue weighted by atomic mass is 19.1. The van der Waals surface area contributed by atoms with E-state index in [2.05, 4.69) is 5.32 Å². The molecule has 108 valence electrons. The lowest BCUT2D eigenvalue weighted by atomic mass is 10.2. The van der Waals surface area contributed by atoms with Crippen LogP contribution in [0, 0.1) is 5.82 Å². The molecule has 0 aliphatic carbocycles. The van der Waals surface area contributed by atoms with Gasteiger partial charge >= 0.3 is 5.97 Å². The maximum absolute atomic E-state index is 13.1. The van der Waals surface area contributed by atoms with Gasteiger partial charge in [0.05, 0.1) is 5.69 Å². The fourth-order valence-electron chi connectivity index (χ4n) is 1.73. The number of hydrogen-bond acceptors (Lipinski definition) is 3. The van der Waals surface area contributed by atoms with Crippen molar-refractivity contribution < 1.29 is 23.8 Å². The molecule has 0 aliphatic heterocycles. The molecule has 2 rings (SSSR count). The summed E-state index contributed by atoms with van der Waals surface area (Å²) in [4.78, 5) is 22.2. The van der Waals surface area contributed by atoms with Crippen LogP contribution in [0.5, 0.6) is 11.5 Å². The van der Waals surface area contributed by atoms with E-state index < -0.39 is 11.8 Å². The van der Waals surface area contributed by atoms with Crippen LogP contribution in [-0.4, -0.2) is 17.0 Å². The Balaban J connectivity index is 2.39. The van der Waals surface area contributed by atoms with Crippen molar-refractivity contribution in [2.45, 2.75) is 6.92 Å².